The Balaban J connectivity index is 2.04. The fraction of sp³-hybridized carbons (Fsp3) is 0.304. The van der Waals surface area contributed by atoms with Gasteiger partial charge in [0.2, 0.25) is 5.91 Å². The molecule has 0 bridgehead atoms. The van der Waals surface area contributed by atoms with Crippen LogP contribution >= 0.6 is 11.8 Å². The number of amides is 2. The number of carbonyl (C=O) groups is 2. The fourth-order valence-electron chi connectivity index (χ4n) is 2.82. The molecular weight excluding hydrogens is 384 g/mol. The average Bonchev–Trinajstić information content (AvgIpc) is 2.75. The van der Waals surface area contributed by atoms with Crippen molar-refractivity contribution in [1.82, 2.24) is 10.8 Å². The third-order valence-corrected chi connectivity index (χ3v) is 5.27. The van der Waals surface area contributed by atoms with E-state index in [-0.39, 0.29) is 18.2 Å². The molecule has 5 nitrogen and oxygen atoms in total. The molecule has 6 heteroatoms. The van der Waals surface area contributed by atoms with Crippen LogP contribution in [0.5, 0.6) is 0 Å². The molecule has 0 unspecified atom stereocenters. The second-order valence-electron chi connectivity index (χ2n) is 6.80. The summed E-state index contributed by atoms with van der Waals surface area (Å²) in [5.74, 6) is -0.498. The van der Waals surface area contributed by atoms with Gasteiger partial charge in [-0.05, 0) is 55.4 Å². The van der Waals surface area contributed by atoms with E-state index in [1.54, 1.807) is 17.2 Å². The number of hydrogen-bond donors (Lipinski definition) is 3. The molecule has 154 valence electrons. The van der Waals surface area contributed by atoms with E-state index in [0.717, 1.165) is 29.5 Å². The zero-order chi connectivity index (χ0) is 21.1. The van der Waals surface area contributed by atoms with Crippen LogP contribution in [0.2, 0.25) is 0 Å². The SMILES string of the molecule is CSc1ccc(/C=C(/C(=O)NCCCCCC(=O)NO)c2ccc(C)cc2)cc1. The van der Waals surface area contributed by atoms with Crippen LogP contribution in [-0.4, -0.2) is 29.8 Å². The third-order valence-electron chi connectivity index (χ3n) is 4.52. The third kappa shape index (κ3) is 7.75. The first-order valence-electron chi connectivity index (χ1n) is 9.67. The molecule has 0 aliphatic heterocycles. The Morgan fingerprint density at radius 2 is 1.69 bits per heavy atom. The van der Waals surface area contributed by atoms with E-state index in [9.17, 15) is 9.59 Å². The number of thioether (sulfide) groups is 1. The largest absolute Gasteiger partial charge is 0.352 e. The smallest absolute Gasteiger partial charge is 0.251 e. The molecule has 3 N–H and O–H groups in total. The van der Waals surface area contributed by atoms with Crippen molar-refractivity contribution in [1.29, 1.82) is 0 Å². The number of unbranched alkanes of at least 4 members (excludes halogenated alkanes) is 2. The predicted octanol–water partition coefficient (Wildman–Crippen LogP) is 4.44. The highest BCUT2D eigenvalue weighted by Gasteiger charge is 2.12. The summed E-state index contributed by atoms with van der Waals surface area (Å²) >= 11 is 1.68. The highest BCUT2D eigenvalue weighted by molar-refractivity contribution is 7.98. The molecule has 2 amide bonds. The molecular formula is C23H28N2O3S. The lowest BCUT2D eigenvalue weighted by Gasteiger charge is -2.10. The molecule has 2 aromatic carbocycles. The molecule has 0 saturated carbocycles. The number of hydrogen-bond acceptors (Lipinski definition) is 4. The summed E-state index contributed by atoms with van der Waals surface area (Å²) in [4.78, 5) is 25.0. The van der Waals surface area contributed by atoms with Crippen LogP contribution in [0.4, 0.5) is 0 Å². The van der Waals surface area contributed by atoms with Gasteiger partial charge in [0.25, 0.3) is 5.91 Å². The number of rotatable bonds is 10. The van der Waals surface area contributed by atoms with Gasteiger partial charge in [0.15, 0.2) is 0 Å². The quantitative estimate of drug-likeness (QED) is 0.135. The lowest BCUT2D eigenvalue weighted by atomic mass is 10.0. The van der Waals surface area contributed by atoms with Gasteiger partial charge in [-0.1, -0.05) is 48.4 Å². The molecule has 0 fully saturated rings. The van der Waals surface area contributed by atoms with Crippen molar-refractivity contribution in [3.05, 3.63) is 65.2 Å². The molecule has 0 spiro atoms. The maximum atomic E-state index is 12.9. The monoisotopic (exact) mass is 412 g/mol. The number of nitrogens with one attached hydrogen (secondary N) is 2. The zero-order valence-corrected chi connectivity index (χ0v) is 17.7. The second-order valence-corrected chi connectivity index (χ2v) is 7.68. The molecule has 2 aromatic rings. The first-order valence-corrected chi connectivity index (χ1v) is 10.9. The topological polar surface area (TPSA) is 78.4 Å². The minimum atomic E-state index is -0.383. The Bertz CT molecular complexity index is 830. The van der Waals surface area contributed by atoms with Crippen molar-refractivity contribution < 1.29 is 14.8 Å². The summed E-state index contributed by atoms with van der Waals surface area (Å²) in [7, 11) is 0. The van der Waals surface area contributed by atoms with E-state index in [0.29, 0.717) is 18.5 Å². The van der Waals surface area contributed by atoms with E-state index in [2.05, 4.69) is 5.32 Å². The maximum absolute atomic E-state index is 12.9. The van der Waals surface area contributed by atoms with Gasteiger partial charge in [-0.25, -0.2) is 5.48 Å². The number of hydroxylamine groups is 1. The van der Waals surface area contributed by atoms with E-state index in [1.165, 1.54) is 4.90 Å². The molecule has 0 atom stereocenters. The van der Waals surface area contributed by atoms with Crippen LogP contribution in [0.1, 0.15) is 42.4 Å². The minimum Gasteiger partial charge on any atom is -0.352 e. The van der Waals surface area contributed by atoms with Gasteiger partial charge in [-0.3, -0.25) is 14.8 Å². The predicted molar refractivity (Wildman–Crippen MR) is 119 cm³/mol. The van der Waals surface area contributed by atoms with Crippen molar-refractivity contribution >= 4 is 35.2 Å². The van der Waals surface area contributed by atoms with E-state index < -0.39 is 0 Å². The van der Waals surface area contributed by atoms with Crippen molar-refractivity contribution in [3.8, 4) is 0 Å². The summed E-state index contributed by atoms with van der Waals surface area (Å²) in [6, 6.07) is 16.0. The number of carbonyl (C=O) groups excluding carboxylic acids is 2. The maximum Gasteiger partial charge on any atom is 0.251 e. The first kappa shape index (κ1) is 22.7. The lowest BCUT2D eigenvalue weighted by Crippen LogP contribution is -2.25. The van der Waals surface area contributed by atoms with Gasteiger partial charge in [0, 0.05) is 23.4 Å². The van der Waals surface area contributed by atoms with Gasteiger partial charge in [-0.2, -0.15) is 0 Å². The van der Waals surface area contributed by atoms with Gasteiger partial charge >= 0.3 is 0 Å². The Morgan fingerprint density at radius 3 is 2.31 bits per heavy atom. The molecule has 0 aliphatic rings. The van der Waals surface area contributed by atoms with Crippen molar-refractivity contribution in [2.45, 2.75) is 37.5 Å². The Kier molecular flexibility index (Phi) is 9.47. The van der Waals surface area contributed by atoms with Crippen molar-refractivity contribution in [2.75, 3.05) is 12.8 Å². The summed E-state index contributed by atoms with van der Waals surface area (Å²) in [5, 5.41) is 11.5. The van der Waals surface area contributed by atoms with Crippen molar-refractivity contribution in [3.63, 3.8) is 0 Å². The minimum absolute atomic E-state index is 0.115. The van der Waals surface area contributed by atoms with Crippen LogP contribution in [-0.2, 0) is 9.59 Å². The van der Waals surface area contributed by atoms with E-state index in [1.807, 2.05) is 67.8 Å². The van der Waals surface area contributed by atoms with Gasteiger partial charge in [0.05, 0.1) is 0 Å². The Labute approximate surface area is 176 Å². The summed E-state index contributed by atoms with van der Waals surface area (Å²) in [6.45, 7) is 2.56. The lowest BCUT2D eigenvalue weighted by molar-refractivity contribution is -0.129. The Hall–Kier alpha value is -2.57. The van der Waals surface area contributed by atoms with Crippen LogP contribution < -0.4 is 10.8 Å². The fourth-order valence-corrected chi connectivity index (χ4v) is 3.23. The Morgan fingerprint density at radius 1 is 1.00 bits per heavy atom. The van der Waals surface area contributed by atoms with Crippen LogP contribution in [0.3, 0.4) is 0 Å². The molecule has 0 aliphatic carbocycles. The van der Waals surface area contributed by atoms with Gasteiger partial charge in [0.1, 0.15) is 0 Å². The molecule has 0 radical (unpaired) electrons. The normalized spacial score (nSPS) is 11.2. The molecule has 29 heavy (non-hydrogen) atoms. The highest BCUT2D eigenvalue weighted by atomic mass is 32.2. The zero-order valence-electron chi connectivity index (χ0n) is 16.9. The highest BCUT2D eigenvalue weighted by Crippen LogP contribution is 2.21. The van der Waals surface area contributed by atoms with Gasteiger partial charge < -0.3 is 5.32 Å². The van der Waals surface area contributed by atoms with Crippen LogP contribution in [0.15, 0.2) is 53.4 Å². The average molecular weight is 413 g/mol. The summed E-state index contributed by atoms with van der Waals surface area (Å²) < 4.78 is 0. The van der Waals surface area contributed by atoms with E-state index >= 15 is 0 Å². The number of aryl methyl sites for hydroxylation is 1. The summed E-state index contributed by atoms with van der Waals surface area (Å²) in [6.07, 6.45) is 6.47. The second kappa shape index (κ2) is 12.1. The number of benzene rings is 2. The van der Waals surface area contributed by atoms with Gasteiger partial charge in [-0.15, -0.1) is 11.8 Å². The van der Waals surface area contributed by atoms with Crippen molar-refractivity contribution in [2.24, 2.45) is 0 Å². The van der Waals surface area contributed by atoms with Crippen LogP contribution in [0, 0.1) is 6.92 Å². The standard InChI is InChI=1S/C23H28N2O3S/c1-17-7-11-19(12-8-17)21(16-18-9-13-20(29-2)14-10-18)23(27)24-15-5-3-4-6-22(26)25-28/h7-14,16,28H,3-6,15H2,1-2H3,(H,24,27)(H,25,26)/b21-16+. The molecule has 2 rings (SSSR count). The molecule has 0 heterocycles. The molecule has 0 saturated heterocycles. The van der Waals surface area contributed by atoms with Crippen LogP contribution in [0.25, 0.3) is 11.6 Å². The molecule has 0 aromatic heterocycles. The summed E-state index contributed by atoms with van der Waals surface area (Å²) in [5.41, 5.74) is 5.25. The first-order chi connectivity index (χ1) is 14.0. The van der Waals surface area contributed by atoms with E-state index in [4.69, 9.17) is 5.21 Å².